The Morgan fingerprint density at radius 1 is 1.25 bits per heavy atom. The van der Waals surface area contributed by atoms with Gasteiger partial charge in [-0.15, -0.1) is 11.3 Å². The molecule has 1 N–H and O–H groups in total. The molecule has 0 aliphatic heterocycles. The fraction of sp³-hybridized carbons (Fsp3) is 0.148. The lowest BCUT2D eigenvalue weighted by Gasteiger charge is -2.09. The zero-order valence-electron chi connectivity index (χ0n) is 19.4. The summed E-state index contributed by atoms with van der Waals surface area (Å²) in [5.41, 5.74) is 2.34. The number of para-hydroxylation sites is 1. The standard InChI is InChI=1S/C27H21ClFN3O3S/c1-16(2)35-27(34)22-9-10-36-26(22)31-25(33)18(13-30)11-19-15-32(24-6-4-3-5-21(19)24)14-17-7-8-20(29)12-23(17)28/h3-12,15-16H,14H2,1-2H3,(H,31,33)/b18-11+. The predicted octanol–water partition coefficient (Wildman–Crippen LogP) is 6.65. The molecule has 0 atom stereocenters. The third kappa shape index (κ3) is 5.48. The van der Waals surface area contributed by atoms with E-state index in [-0.39, 0.29) is 17.2 Å². The van der Waals surface area contributed by atoms with E-state index in [2.05, 4.69) is 5.32 Å². The van der Waals surface area contributed by atoms with Crippen molar-refractivity contribution in [1.29, 1.82) is 5.26 Å². The van der Waals surface area contributed by atoms with Crippen molar-refractivity contribution in [2.75, 3.05) is 5.32 Å². The number of carbonyl (C=O) groups is 2. The van der Waals surface area contributed by atoms with E-state index in [4.69, 9.17) is 16.3 Å². The van der Waals surface area contributed by atoms with Crippen LogP contribution in [0, 0.1) is 17.1 Å². The van der Waals surface area contributed by atoms with Crippen LogP contribution in [0.2, 0.25) is 5.02 Å². The topological polar surface area (TPSA) is 84.1 Å². The number of esters is 1. The third-order valence-corrected chi connectivity index (χ3v) is 6.48. The molecule has 0 fully saturated rings. The van der Waals surface area contributed by atoms with E-state index in [1.54, 1.807) is 31.4 Å². The molecular formula is C27H21ClFN3O3S. The second kappa shape index (κ2) is 10.8. The molecule has 0 saturated carbocycles. The molecular weight excluding hydrogens is 501 g/mol. The smallest absolute Gasteiger partial charge is 0.341 e. The van der Waals surface area contributed by atoms with Gasteiger partial charge in [-0.05, 0) is 55.1 Å². The Kier molecular flexibility index (Phi) is 7.53. The van der Waals surface area contributed by atoms with Gasteiger partial charge in [-0.2, -0.15) is 5.26 Å². The molecule has 0 aliphatic rings. The van der Waals surface area contributed by atoms with Gasteiger partial charge in [0.2, 0.25) is 0 Å². The molecule has 2 aromatic carbocycles. The number of anilines is 1. The molecule has 36 heavy (non-hydrogen) atoms. The van der Waals surface area contributed by atoms with Crippen molar-refractivity contribution in [2.45, 2.75) is 26.5 Å². The Labute approximate surface area is 216 Å². The Morgan fingerprint density at radius 3 is 2.75 bits per heavy atom. The van der Waals surface area contributed by atoms with Crippen LogP contribution in [0.5, 0.6) is 0 Å². The van der Waals surface area contributed by atoms with Gasteiger partial charge in [-0.25, -0.2) is 9.18 Å². The average Bonchev–Trinajstić information content (AvgIpc) is 3.43. The van der Waals surface area contributed by atoms with Crippen LogP contribution in [0.15, 0.2) is 65.7 Å². The van der Waals surface area contributed by atoms with Crippen LogP contribution in [0.1, 0.15) is 35.3 Å². The molecule has 0 spiro atoms. The van der Waals surface area contributed by atoms with Crippen LogP contribution < -0.4 is 5.32 Å². The fourth-order valence-electron chi connectivity index (χ4n) is 3.67. The Balaban J connectivity index is 1.64. The molecule has 0 unspecified atom stereocenters. The lowest BCUT2D eigenvalue weighted by atomic mass is 10.1. The molecule has 2 aromatic heterocycles. The molecule has 2 heterocycles. The Bertz CT molecular complexity index is 1530. The van der Waals surface area contributed by atoms with Gasteiger partial charge in [0, 0.05) is 34.2 Å². The highest BCUT2D eigenvalue weighted by atomic mass is 35.5. The quantitative estimate of drug-likeness (QED) is 0.167. The molecule has 1 amide bonds. The monoisotopic (exact) mass is 521 g/mol. The number of nitrogens with one attached hydrogen (secondary N) is 1. The fourth-order valence-corrected chi connectivity index (χ4v) is 4.67. The molecule has 9 heteroatoms. The first kappa shape index (κ1) is 25.2. The van der Waals surface area contributed by atoms with Crippen LogP contribution in [-0.2, 0) is 16.1 Å². The first-order valence-electron chi connectivity index (χ1n) is 11.0. The van der Waals surface area contributed by atoms with E-state index in [0.717, 1.165) is 27.8 Å². The van der Waals surface area contributed by atoms with Gasteiger partial charge < -0.3 is 14.6 Å². The molecule has 4 aromatic rings. The van der Waals surface area contributed by atoms with Gasteiger partial charge in [0.15, 0.2) is 0 Å². The maximum absolute atomic E-state index is 13.5. The molecule has 6 nitrogen and oxygen atoms in total. The van der Waals surface area contributed by atoms with Crippen LogP contribution in [0.4, 0.5) is 9.39 Å². The number of hydrogen-bond acceptors (Lipinski definition) is 5. The largest absolute Gasteiger partial charge is 0.459 e. The number of nitriles is 1. The van der Waals surface area contributed by atoms with Crippen molar-refractivity contribution in [3.8, 4) is 6.07 Å². The second-order valence-electron chi connectivity index (χ2n) is 8.21. The maximum Gasteiger partial charge on any atom is 0.341 e. The van der Waals surface area contributed by atoms with Gasteiger partial charge >= 0.3 is 5.97 Å². The number of thiophene rings is 1. The average molecular weight is 522 g/mol. The number of hydrogen-bond donors (Lipinski definition) is 1. The molecule has 0 radical (unpaired) electrons. The zero-order valence-corrected chi connectivity index (χ0v) is 21.0. The number of aromatic nitrogens is 1. The summed E-state index contributed by atoms with van der Waals surface area (Å²) in [6.07, 6.45) is 3.00. The summed E-state index contributed by atoms with van der Waals surface area (Å²) in [5.74, 6) is -1.61. The molecule has 0 saturated heterocycles. The second-order valence-corrected chi connectivity index (χ2v) is 9.53. The molecule has 0 bridgehead atoms. The number of halogens is 2. The zero-order chi connectivity index (χ0) is 25.8. The number of amides is 1. The highest BCUT2D eigenvalue weighted by molar-refractivity contribution is 7.14. The highest BCUT2D eigenvalue weighted by Crippen LogP contribution is 2.28. The first-order valence-corrected chi connectivity index (χ1v) is 12.3. The van der Waals surface area contributed by atoms with Gasteiger partial charge in [0.1, 0.15) is 22.5 Å². The van der Waals surface area contributed by atoms with Crippen molar-refractivity contribution in [2.24, 2.45) is 0 Å². The lowest BCUT2D eigenvalue weighted by Crippen LogP contribution is -2.17. The number of fused-ring (bicyclic) bond motifs is 1. The summed E-state index contributed by atoms with van der Waals surface area (Å²) >= 11 is 7.39. The SMILES string of the molecule is CC(C)OC(=O)c1ccsc1NC(=O)/C(C#N)=C/c1cn(Cc2ccc(F)cc2Cl)c2ccccc12. The number of rotatable bonds is 7. The van der Waals surface area contributed by atoms with Crippen molar-refractivity contribution in [3.05, 3.63) is 93.2 Å². The van der Waals surface area contributed by atoms with Crippen LogP contribution >= 0.6 is 22.9 Å². The molecule has 4 rings (SSSR count). The Morgan fingerprint density at radius 2 is 2.03 bits per heavy atom. The maximum atomic E-state index is 13.5. The minimum Gasteiger partial charge on any atom is -0.459 e. The van der Waals surface area contributed by atoms with Gasteiger partial charge in [-0.3, -0.25) is 4.79 Å². The minimum absolute atomic E-state index is 0.130. The van der Waals surface area contributed by atoms with Crippen molar-refractivity contribution in [1.82, 2.24) is 4.57 Å². The Hall–Kier alpha value is -3.93. The minimum atomic E-state index is -0.642. The predicted molar refractivity (Wildman–Crippen MR) is 140 cm³/mol. The van der Waals surface area contributed by atoms with E-state index in [1.165, 1.54) is 18.2 Å². The van der Waals surface area contributed by atoms with E-state index in [9.17, 15) is 19.2 Å². The molecule has 0 aliphatic carbocycles. The van der Waals surface area contributed by atoms with E-state index in [1.807, 2.05) is 41.1 Å². The van der Waals surface area contributed by atoms with Crippen molar-refractivity contribution in [3.63, 3.8) is 0 Å². The van der Waals surface area contributed by atoms with Crippen LogP contribution in [0.3, 0.4) is 0 Å². The van der Waals surface area contributed by atoms with E-state index in [0.29, 0.717) is 22.1 Å². The number of carbonyl (C=O) groups excluding carboxylic acids is 2. The number of benzene rings is 2. The van der Waals surface area contributed by atoms with Crippen LogP contribution in [0.25, 0.3) is 17.0 Å². The summed E-state index contributed by atoms with van der Waals surface area (Å²) in [6.45, 7) is 3.84. The number of ether oxygens (including phenoxy) is 1. The van der Waals surface area contributed by atoms with E-state index < -0.39 is 17.7 Å². The number of nitrogens with zero attached hydrogens (tertiary/aromatic N) is 2. The highest BCUT2D eigenvalue weighted by Gasteiger charge is 2.20. The summed E-state index contributed by atoms with van der Waals surface area (Å²) in [7, 11) is 0. The van der Waals surface area contributed by atoms with Crippen molar-refractivity contribution < 1.29 is 18.7 Å². The van der Waals surface area contributed by atoms with Gasteiger partial charge in [-0.1, -0.05) is 35.9 Å². The third-order valence-electron chi connectivity index (χ3n) is 5.30. The van der Waals surface area contributed by atoms with Gasteiger partial charge in [0.25, 0.3) is 5.91 Å². The summed E-state index contributed by atoms with van der Waals surface area (Å²) in [5, 5.41) is 15.5. The lowest BCUT2D eigenvalue weighted by molar-refractivity contribution is -0.112. The normalized spacial score (nSPS) is 11.5. The van der Waals surface area contributed by atoms with E-state index >= 15 is 0 Å². The summed E-state index contributed by atoms with van der Waals surface area (Å²) in [4.78, 5) is 25.3. The van der Waals surface area contributed by atoms with Crippen molar-refractivity contribution >= 4 is 56.8 Å². The van der Waals surface area contributed by atoms with Gasteiger partial charge in [0.05, 0.1) is 11.7 Å². The molecule has 182 valence electrons. The van der Waals surface area contributed by atoms with Crippen LogP contribution in [-0.4, -0.2) is 22.5 Å². The summed E-state index contributed by atoms with van der Waals surface area (Å²) in [6, 6.07) is 15.3. The summed E-state index contributed by atoms with van der Waals surface area (Å²) < 4.78 is 20.6. The first-order chi connectivity index (χ1) is 17.3.